The van der Waals surface area contributed by atoms with Gasteiger partial charge >= 0.3 is 0 Å². The zero-order valence-corrected chi connectivity index (χ0v) is 8.57. The summed E-state index contributed by atoms with van der Waals surface area (Å²) in [5.74, 6) is 1.00. The fourth-order valence-electron chi connectivity index (χ4n) is 1.95. The number of nitrogens with zero attached hydrogens (tertiary/aromatic N) is 3. The summed E-state index contributed by atoms with van der Waals surface area (Å²) in [6.07, 6.45) is 4.84. The van der Waals surface area contributed by atoms with Crippen molar-refractivity contribution in [3.05, 3.63) is 35.8 Å². The van der Waals surface area contributed by atoms with E-state index in [-0.39, 0.29) is 0 Å². The molecular weight excluding hydrogens is 188 g/mol. The number of aryl methyl sites for hydroxylation is 1. The minimum atomic E-state index is 0.972. The molecule has 3 heterocycles. The molecule has 0 saturated heterocycles. The first-order valence-electron chi connectivity index (χ1n) is 5.09. The maximum absolute atomic E-state index is 4.42. The fraction of sp³-hybridized carbons (Fsp3) is 0.273. The van der Waals surface area contributed by atoms with Crippen molar-refractivity contribution >= 4 is 5.82 Å². The Hall–Kier alpha value is -1.84. The Kier molecular flexibility index (Phi) is 1.74. The van der Waals surface area contributed by atoms with E-state index in [4.69, 9.17) is 0 Å². The molecule has 0 aliphatic carbocycles. The highest BCUT2D eigenvalue weighted by Crippen LogP contribution is 2.25. The van der Waals surface area contributed by atoms with E-state index in [0.29, 0.717) is 0 Å². The van der Waals surface area contributed by atoms with Gasteiger partial charge in [0.05, 0.1) is 11.4 Å². The summed E-state index contributed by atoms with van der Waals surface area (Å²) in [6.45, 7) is 2.97. The molecular formula is C11H12N4. The van der Waals surface area contributed by atoms with Gasteiger partial charge in [0.2, 0.25) is 0 Å². The Morgan fingerprint density at radius 2 is 2.33 bits per heavy atom. The van der Waals surface area contributed by atoms with Crippen molar-refractivity contribution in [3.8, 4) is 5.69 Å². The van der Waals surface area contributed by atoms with Gasteiger partial charge in [-0.1, -0.05) is 0 Å². The van der Waals surface area contributed by atoms with Crippen LogP contribution in [0.5, 0.6) is 0 Å². The van der Waals surface area contributed by atoms with Crippen LogP contribution in [0.15, 0.2) is 24.5 Å². The number of pyridine rings is 1. The molecule has 0 aromatic carbocycles. The Bertz CT molecular complexity index is 501. The van der Waals surface area contributed by atoms with Crippen LogP contribution in [0.1, 0.15) is 11.3 Å². The second-order valence-corrected chi connectivity index (χ2v) is 3.74. The summed E-state index contributed by atoms with van der Waals surface area (Å²) < 4.78 is 1.92. The van der Waals surface area contributed by atoms with Gasteiger partial charge < -0.3 is 5.32 Å². The lowest BCUT2D eigenvalue weighted by Gasteiger charge is -2.06. The van der Waals surface area contributed by atoms with Gasteiger partial charge in [0.1, 0.15) is 5.82 Å². The topological polar surface area (TPSA) is 42.7 Å². The number of rotatable bonds is 1. The van der Waals surface area contributed by atoms with E-state index in [1.54, 1.807) is 0 Å². The first kappa shape index (κ1) is 8.47. The van der Waals surface area contributed by atoms with Crippen LogP contribution in [0.25, 0.3) is 5.69 Å². The summed E-state index contributed by atoms with van der Waals surface area (Å²) in [5, 5.41) is 7.68. The maximum atomic E-state index is 4.42. The highest BCUT2D eigenvalue weighted by Gasteiger charge is 2.16. The first-order chi connectivity index (χ1) is 7.34. The minimum Gasteiger partial charge on any atom is -0.369 e. The van der Waals surface area contributed by atoms with E-state index in [0.717, 1.165) is 30.2 Å². The second-order valence-electron chi connectivity index (χ2n) is 3.74. The number of aromatic nitrogens is 3. The summed E-state index contributed by atoms with van der Waals surface area (Å²) in [6, 6.07) is 4.02. The number of hydrogen-bond acceptors (Lipinski definition) is 3. The van der Waals surface area contributed by atoms with Crippen LogP contribution in [0.2, 0.25) is 0 Å². The number of nitrogens with one attached hydrogen (secondary N) is 1. The zero-order valence-electron chi connectivity index (χ0n) is 8.57. The van der Waals surface area contributed by atoms with Crippen LogP contribution in [0.4, 0.5) is 5.82 Å². The van der Waals surface area contributed by atoms with E-state index in [1.165, 1.54) is 5.56 Å². The van der Waals surface area contributed by atoms with Crippen molar-refractivity contribution < 1.29 is 0 Å². The summed E-state index contributed by atoms with van der Waals surface area (Å²) in [7, 11) is 0. The van der Waals surface area contributed by atoms with Crippen molar-refractivity contribution in [1.29, 1.82) is 0 Å². The van der Waals surface area contributed by atoms with Crippen LogP contribution in [0.3, 0.4) is 0 Å². The van der Waals surface area contributed by atoms with Crippen LogP contribution < -0.4 is 5.32 Å². The predicted octanol–water partition coefficient (Wildman–Crippen LogP) is 1.54. The Labute approximate surface area is 88.0 Å². The normalized spacial score (nSPS) is 13.7. The molecule has 0 radical (unpaired) electrons. The molecule has 1 N–H and O–H groups in total. The van der Waals surface area contributed by atoms with Crippen molar-refractivity contribution in [2.24, 2.45) is 0 Å². The second kappa shape index (κ2) is 3.08. The van der Waals surface area contributed by atoms with E-state index < -0.39 is 0 Å². The zero-order chi connectivity index (χ0) is 10.3. The molecule has 76 valence electrons. The maximum Gasteiger partial charge on any atom is 0.131 e. The molecule has 0 unspecified atom stereocenters. The summed E-state index contributed by atoms with van der Waals surface area (Å²) in [5.41, 5.74) is 3.44. The molecule has 0 spiro atoms. The van der Waals surface area contributed by atoms with E-state index in [1.807, 2.05) is 36.1 Å². The smallest absolute Gasteiger partial charge is 0.131 e. The van der Waals surface area contributed by atoms with Crippen LogP contribution in [-0.2, 0) is 6.42 Å². The van der Waals surface area contributed by atoms with Crippen molar-refractivity contribution in [2.45, 2.75) is 13.3 Å². The molecule has 0 atom stereocenters. The average Bonchev–Trinajstić information content (AvgIpc) is 2.84. The Morgan fingerprint density at radius 3 is 3.13 bits per heavy atom. The van der Waals surface area contributed by atoms with Gasteiger partial charge in [-0.3, -0.25) is 0 Å². The number of anilines is 1. The van der Waals surface area contributed by atoms with E-state index in [9.17, 15) is 0 Å². The summed E-state index contributed by atoms with van der Waals surface area (Å²) >= 11 is 0. The van der Waals surface area contributed by atoms with E-state index in [2.05, 4.69) is 15.4 Å². The van der Waals surface area contributed by atoms with Crippen LogP contribution >= 0.6 is 0 Å². The van der Waals surface area contributed by atoms with Crippen molar-refractivity contribution in [3.63, 3.8) is 0 Å². The number of hydrogen-bond donors (Lipinski definition) is 1. The third-order valence-electron chi connectivity index (χ3n) is 2.67. The minimum absolute atomic E-state index is 0.972. The molecule has 0 fully saturated rings. The molecule has 1 aliphatic heterocycles. The highest BCUT2D eigenvalue weighted by molar-refractivity contribution is 5.58. The molecule has 4 nitrogen and oxygen atoms in total. The highest BCUT2D eigenvalue weighted by atomic mass is 15.3. The van der Waals surface area contributed by atoms with Crippen LogP contribution in [-0.4, -0.2) is 21.3 Å². The monoisotopic (exact) mass is 200 g/mol. The van der Waals surface area contributed by atoms with Crippen LogP contribution in [0, 0.1) is 6.92 Å². The largest absolute Gasteiger partial charge is 0.369 e. The Morgan fingerprint density at radius 1 is 1.40 bits per heavy atom. The van der Waals surface area contributed by atoms with Gasteiger partial charge in [0, 0.05) is 24.5 Å². The lowest BCUT2D eigenvalue weighted by molar-refractivity contribution is 0.849. The summed E-state index contributed by atoms with van der Waals surface area (Å²) in [4.78, 5) is 4.30. The molecule has 0 saturated carbocycles. The molecule has 3 rings (SSSR count). The quantitative estimate of drug-likeness (QED) is 0.759. The molecule has 0 amide bonds. The standard InChI is InChI=1S/C11H12N4/c1-8-4-7-15(14-8)10-3-6-13-11-9(10)2-5-12-11/h3-4,6-7H,2,5H2,1H3,(H,12,13). The molecule has 15 heavy (non-hydrogen) atoms. The van der Waals surface area contributed by atoms with Gasteiger partial charge in [0.15, 0.2) is 0 Å². The average molecular weight is 200 g/mol. The molecule has 1 aliphatic rings. The fourth-order valence-corrected chi connectivity index (χ4v) is 1.95. The molecule has 4 heteroatoms. The lowest BCUT2D eigenvalue weighted by Crippen LogP contribution is -2.00. The van der Waals surface area contributed by atoms with Crippen molar-refractivity contribution in [1.82, 2.24) is 14.8 Å². The van der Waals surface area contributed by atoms with Gasteiger partial charge in [-0.2, -0.15) is 5.10 Å². The molecule has 2 aromatic heterocycles. The molecule has 0 bridgehead atoms. The SMILES string of the molecule is Cc1ccn(-c2ccnc3c2CCN3)n1. The first-order valence-corrected chi connectivity index (χ1v) is 5.09. The van der Waals surface area contributed by atoms with Gasteiger partial charge in [-0.15, -0.1) is 0 Å². The van der Waals surface area contributed by atoms with Gasteiger partial charge in [-0.25, -0.2) is 9.67 Å². The lowest BCUT2D eigenvalue weighted by atomic mass is 10.2. The van der Waals surface area contributed by atoms with E-state index >= 15 is 0 Å². The van der Waals surface area contributed by atoms with Gasteiger partial charge in [0.25, 0.3) is 0 Å². The predicted molar refractivity (Wildman–Crippen MR) is 58.3 cm³/mol. The van der Waals surface area contributed by atoms with Gasteiger partial charge in [-0.05, 0) is 25.5 Å². The third-order valence-corrected chi connectivity index (χ3v) is 2.67. The Balaban J connectivity index is 2.16. The molecule has 2 aromatic rings. The van der Waals surface area contributed by atoms with Crippen molar-refractivity contribution in [2.75, 3.05) is 11.9 Å². The number of fused-ring (bicyclic) bond motifs is 1. The third kappa shape index (κ3) is 1.29.